The molecular formula is C7H13NO. The number of amides is 1. The highest BCUT2D eigenvalue weighted by molar-refractivity contribution is 5.78. The Morgan fingerprint density at radius 3 is 3.00 bits per heavy atom. The average Bonchev–Trinajstić information content (AvgIpc) is 2.17. The van der Waals surface area contributed by atoms with Crippen molar-refractivity contribution in [2.24, 2.45) is 0 Å². The van der Waals surface area contributed by atoms with E-state index in [2.05, 4.69) is 12.2 Å². The number of hydrogen-bond donors (Lipinski definition) is 1. The quantitative estimate of drug-likeness (QED) is 0.590. The van der Waals surface area contributed by atoms with E-state index in [0.717, 1.165) is 19.3 Å². The zero-order valence-corrected chi connectivity index (χ0v) is 5.81. The minimum Gasteiger partial charge on any atom is -0.353 e. The Labute approximate surface area is 55.6 Å². The molecule has 1 heterocycles. The lowest BCUT2D eigenvalue weighted by Crippen LogP contribution is -2.24. The van der Waals surface area contributed by atoms with E-state index in [-0.39, 0.29) is 5.91 Å². The van der Waals surface area contributed by atoms with Crippen molar-refractivity contribution >= 4 is 5.91 Å². The molecule has 1 aliphatic heterocycles. The van der Waals surface area contributed by atoms with E-state index >= 15 is 0 Å². The molecule has 0 aromatic rings. The first-order chi connectivity index (χ1) is 4.33. The van der Waals surface area contributed by atoms with Gasteiger partial charge in [0.05, 0.1) is 0 Å². The molecular weight excluding hydrogens is 114 g/mol. The summed E-state index contributed by atoms with van der Waals surface area (Å²) in [6.45, 7) is 2.14. The van der Waals surface area contributed by atoms with Crippen molar-refractivity contribution in [2.75, 3.05) is 0 Å². The smallest absolute Gasteiger partial charge is 0.220 e. The Balaban J connectivity index is 2.22. The molecule has 1 aliphatic rings. The van der Waals surface area contributed by atoms with Crippen LogP contribution in [0.5, 0.6) is 0 Å². The van der Waals surface area contributed by atoms with Gasteiger partial charge in [0.2, 0.25) is 5.91 Å². The number of rotatable bonds is 2. The summed E-state index contributed by atoms with van der Waals surface area (Å²) in [5.74, 6) is 0.230. The maximum atomic E-state index is 10.6. The summed E-state index contributed by atoms with van der Waals surface area (Å²) in [5.41, 5.74) is 0. The van der Waals surface area contributed by atoms with Crippen LogP contribution in [0.4, 0.5) is 0 Å². The van der Waals surface area contributed by atoms with Gasteiger partial charge >= 0.3 is 0 Å². The van der Waals surface area contributed by atoms with Gasteiger partial charge in [-0.05, 0) is 12.8 Å². The van der Waals surface area contributed by atoms with E-state index in [1.54, 1.807) is 0 Å². The van der Waals surface area contributed by atoms with Gasteiger partial charge in [0, 0.05) is 12.5 Å². The van der Waals surface area contributed by atoms with Crippen molar-refractivity contribution in [1.29, 1.82) is 0 Å². The van der Waals surface area contributed by atoms with Crippen LogP contribution in [0.25, 0.3) is 0 Å². The molecule has 9 heavy (non-hydrogen) atoms. The average molecular weight is 127 g/mol. The molecule has 0 aromatic heterocycles. The van der Waals surface area contributed by atoms with Crippen LogP contribution in [0, 0.1) is 0 Å². The number of carbonyl (C=O) groups is 1. The molecule has 1 N–H and O–H groups in total. The largest absolute Gasteiger partial charge is 0.353 e. The predicted octanol–water partition coefficient (Wildman–Crippen LogP) is 1.07. The van der Waals surface area contributed by atoms with Crippen molar-refractivity contribution in [2.45, 2.75) is 38.6 Å². The number of carbonyl (C=O) groups excluding carboxylic acids is 1. The molecule has 1 saturated heterocycles. The maximum Gasteiger partial charge on any atom is 0.220 e. The summed E-state index contributed by atoms with van der Waals surface area (Å²) in [6, 6.07) is 0.488. The third-order valence-corrected chi connectivity index (χ3v) is 1.72. The number of nitrogens with one attached hydrogen (secondary N) is 1. The predicted molar refractivity (Wildman–Crippen MR) is 36.1 cm³/mol. The summed E-state index contributed by atoms with van der Waals surface area (Å²) in [6.07, 6.45) is 4.11. The molecule has 1 amide bonds. The van der Waals surface area contributed by atoms with Gasteiger partial charge in [0.25, 0.3) is 0 Å². The van der Waals surface area contributed by atoms with Crippen LogP contribution in [0.1, 0.15) is 32.6 Å². The molecule has 1 rings (SSSR count). The lowest BCUT2D eigenvalue weighted by atomic mass is 10.1. The monoisotopic (exact) mass is 127 g/mol. The molecule has 0 aliphatic carbocycles. The molecule has 1 atom stereocenters. The topological polar surface area (TPSA) is 29.1 Å². The Bertz CT molecular complexity index is 111. The van der Waals surface area contributed by atoms with Gasteiger partial charge in [-0.25, -0.2) is 0 Å². The molecule has 0 bridgehead atoms. The first kappa shape index (κ1) is 6.59. The first-order valence-electron chi connectivity index (χ1n) is 3.62. The zero-order valence-electron chi connectivity index (χ0n) is 5.81. The molecule has 0 aromatic carbocycles. The Morgan fingerprint density at radius 1 is 1.78 bits per heavy atom. The van der Waals surface area contributed by atoms with Crippen molar-refractivity contribution in [1.82, 2.24) is 5.32 Å². The normalized spacial score (nSPS) is 26.3. The van der Waals surface area contributed by atoms with Gasteiger partial charge in [-0.3, -0.25) is 4.79 Å². The first-order valence-corrected chi connectivity index (χ1v) is 3.62. The zero-order chi connectivity index (χ0) is 6.69. The second-order valence-electron chi connectivity index (χ2n) is 2.59. The molecule has 1 fully saturated rings. The fourth-order valence-electron chi connectivity index (χ4n) is 1.24. The Morgan fingerprint density at radius 2 is 2.56 bits per heavy atom. The molecule has 0 radical (unpaired) electrons. The van der Waals surface area contributed by atoms with Crippen LogP contribution in [0.2, 0.25) is 0 Å². The maximum absolute atomic E-state index is 10.6. The molecule has 2 heteroatoms. The minimum absolute atomic E-state index is 0.230. The van der Waals surface area contributed by atoms with E-state index in [4.69, 9.17) is 0 Å². The highest BCUT2D eigenvalue weighted by atomic mass is 16.1. The summed E-state index contributed by atoms with van der Waals surface area (Å²) in [7, 11) is 0. The molecule has 0 saturated carbocycles. The van der Waals surface area contributed by atoms with Gasteiger partial charge in [0.15, 0.2) is 0 Å². The van der Waals surface area contributed by atoms with E-state index < -0.39 is 0 Å². The highest BCUT2D eigenvalue weighted by Gasteiger charge is 2.18. The van der Waals surface area contributed by atoms with Crippen molar-refractivity contribution in [3.05, 3.63) is 0 Å². The van der Waals surface area contributed by atoms with Gasteiger partial charge in [-0.15, -0.1) is 0 Å². The van der Waals surface area contributed by atoms with Gasteiger partial charge in [-0.2, -0.15) is 0 Å². The minimum atomic E-state index is 0.230. The standard InChI is InChI=1S/C7H13NO/c1-2-3-6-4-5-7(9)8-6/h6H,2-5H2,1H3,(H,8,9). The molecule has 1 unspecified atom stereocenters. The van der Waals surface area contributed by atoms with Gasteiger partial charge < -0.3 is 5.32 Å². The van der Waals surface area contributed by atoms with Crippen LogP contribution in [0.15, 0.2) is 0 Å². The summed E-state index contributed by atoms with van der Waals surface area (Å²) < 4.78 is 0. The van der Waals surface area contributed by atoms with Crippen LogP contribution >= 0.6 is 0 Å². The van der Waals surface area contributed by atoms with E-state index in [1.165, 1.54) is 6.42 Å². The van der Waals surface area contributed by atoms with E-state index in [9.17, 15) is 4.79 Å². The summed E-state index contributed by atoms with van der Waals surface area (Å²) in [5, 5.41) is 2.92. The molecule has 2 nitrogen and oxygen atoms in total. The SMILES string of the molecule is CCCC1CCC(=O)N1. The summed E-state index contributed by atoms with van der Waals surface area (Å²) in [4.78, 5) is 10.6. The Kier molecular flexibility index (Phi) is 2.09. The van der Waals surface area contributed by atoms with Gasteiger partial charge in [0.1, 0.15) is 0 Å². The van der Waals surface area contributed by atoms with Crippen LogP contribution in [0.3, 0.4) is 0 Å². The second-order valence-corrected chi connectivity index (χ2v) is 2.59. The van der Waals surface area contributed by atoms with Crippen molar-refractivity contribution in [3.8, 4) is 0 Å². The van der Waals surface area contributed by atoms with E-state index in [0.29, 0.717) is 6.04 Å². The third kappa shape index (κ3) is 1.70. The fourth-order valence-corrected chi connectivity index (χ4v) is 1.24. The summed E-state index contributed by atoms with van der Waals surface area (Å²) >= 11 is 0. The third-order valence-electron chi connectivity index (χ3n) is 1.72. The van der Waals surface area contributed by atoms with E-state index in [1.807, 2.05) is 0 Å². The lowest BCUT2D eigenvalue weighted by Gasteiger charge is -2.05. The van der Waals surface area contributed by atoms with Crippen molar-refractivity contribution in [3.63, 3.8) is 0 Å². The van der Waals surface area contributed by atoms with Crippen molar-refractivity contribution < 1.29 is 4.79 Å². The Hall–Kier alpha value is -0.530. The lowest BCUT2D eigenvalue weighted by molar-refractivity contribution is -0.119. The van der Waals surface area contributed by atoms with Gasteiger partial charge in [-0.1, -0.05) is 13.3 Å². The molecule has 52 valence electrons. The molecule has 0 spiro atoms. The van der Waals surface area contributed by atoms with Crippen LogP contribution in [-0.4, -0.2) is 11.9 Å². The van der Waals surface area contributed by atoms with Crippen LogP contribution in [-0.2, 0) is 4.79 Å². The fraction of sp³-hybridized carbons (Fsp3) is 0.857. The number of hydrogen-bond acceptors (Lipinski definition) is 1. The van der Waals surface area contributed by atoms with Crippen LogP contribution < -0.4 is 5.32 Å². The second kappa shape index (κ2) is 2.85. The highest BCUT2D eigenvalue weighted by Crippen LogP contribution is 2.10.